The van der Waals surface area contributed by atoms with E-state index >= 15 is 0 Å². The van der Waals surface area contributed by atoms with Gasteiger partial charge in [-0.1, -0.05) is 12.8 Å². The first kappa shape index (κ1) is 24.2. The molecule has 1 atom stereocenters. The molecule has 1 saturated carbocycles. The molecule has 1 saturated heterocycles. The number of ether oxygens (including phenoxy) is 1. The maximum atomic E-state index is 14.5. The van der Waals surface area contributed by atoms with Gasteiger partial charge in [0.2, 0.25) is 5.91 Å². The van der Waals surface area contributed by atoms with Crippen LogP contribution in [0.4, 0.5) is 10.1 Å². The van der Waals surface area contributed by atoms with Crippen LogP contribution in [0.3, 0.4) is 0 Å². The number of amides is 2. The fraction of sp³-hybridized carbons (Fsp3) is 0.481. The molecule has 2 aromatic rings. The molecule has 0 aromatic heterocycles. The molecular formula is C27H34FN3O3. The second kappa shape index (κ2) is 10.6. The number of methoxy groups -OCH3 is 1. The highest BCUT2D eigenvalue weighted by molar-refractivity contribution is 6.04. The Morgan fingerprint density at radius 2 is 1.82 bits per heavy atom. The van der Waals surface area contributed by atoms with Crippen LogP contribution in [0.25, 0.3) is 0 Å². The van der Waals surface area contributed by atoms with Gasteiger partial charge >= 0.3 is 0 Å². The quantitative estimate of drug-likeness (QED) is 0.674. The van der Waals surface area contributed by atoms with E-state index in [1.54, 1.807) is 37.4 Å². The number of halogens is 1. The van der Waals surface area contributed by atoms with E-state index in [0.717, 1.165) is 49.9 Å². The summed E-state index contributed by atoms with van der Waals surface area (Å²) in [4.78, 5) is 29.9. The number of carbonyl (C=O) groups is 2. The van der Waals surface area contributed by atoms with Gasteiger partial charge < -0.3 is 15.0 Å². The minimum absolute atomic E-state index is 0.130. The van der Waals surface area contributed by atoms with Gasteiger partial charge in [0, 0.05) is 49.4 Å². The summed E-state index contributed by atoms with van der Waals surface area (Å²) < 4.78 is 19.6. The van der Waals surface area contributed by atoms with Crippen molar-refractivity contribution in [1.82, 2.24) is 9.80 Å². The highest BCUT2D eigenvalue weighted by Crippen LogP contribution is 2.29. The summed E-state index contributed by atoms with van der Waals surface area (Å²) in [5, 5.41) is 2.85. The zero-order valence-corrected chi connectivity index (χ0v) is 20.3. The summed E-state index contributed by atoms with van der Waals surface area (Å²) in [6.07, 6.45) is 4.33. The smallest absolute Gasteiger partial charge is 0.255 e. The molecule has 0 bridgehead atoms. The Kier molecular flexibility index (Phi) is 7.51. The Bertz CT molecular complexity index is 1030. The first-order valence-electron chi connectivity index (χ1n) is 12.1. The standard InChI is InChI=1S/C27H34FN3O3/c1-18-16-30(12-13-31(18)27(33)21-6-4-5-7-21)17-22-14-23(28)15-25(19(22)2)29-26(32)20-8-10-24(34-3)11-9-20/h8-11,14-15,18,21H,4-7,12-13,16-17H2,1-3H3,(H,29,32)/t18-/m0/s1. The van der Waals surface area contributed by atoms with E-state index in [-0.39, 0.29) is 23.7 Å². The van der Waals surface area contributed by atoms with Crippen molar-refractivity contribution in [3.63, 3.8) is 0 Å². The molecule has 1 aliphatic heterocycles. The molecule has 6 nitrogen and oxygen atoms in total. The van der Waals surface area contributed by atoms with Crippen LogP contribution in [-0.4, -0.2) is 54.4 Å². The number of piperazine rings is 1. The summed E-state index contributed by atoms with van der Waals surface area (Å²) in [7, 11) is 1.57. The average Bonchev–Trinajstić information content (AvgIpc) is 3.37. The van der Waals surface area contributed by atoms with Crippen LogP contribution in [0.1, 0.15) is 54.1 Å². The Morgan fingerprint density at radius 3 is 2.47 bits per heavy atom. The molecule has 2 aliphatic rings. The van der Waals surface area contributed by atoms with E-state index in [1.165, 1.54) is 6.07 Å². The van der Waals surface area contributed by atoms with Crippen LogP contribution in [0.5, 0.6) is 5.75 Å². The molecule has 1 aliphatic carbocycles. The van der Waals surface area contributed by atoms with Crippen molar-refractivity contribution in [2.45, 2.75) is 52.1 Å². The zero-order chi connectivity index (χ0) is 24.2. The van der Waals surface area contributed by atoms with Crippen molar-refractivity contribution in [3.8, 4) is 5.75 Å². The molecular weight excluding hydrogens is 433 g/mol. The highest BCUT2D eigenvalue weighted by Gasteiger charge is 2.33. The molecule has 1 heterocycles. The molecule has 182 valence electrons. The lowest BCUT2D eigenvalue weighted by molar-refractivity contribution is -0.140. The Morgan fingerprint density at radius 1 is 1.12 bits per heavy atom. The number of hydrogen-bond donors (Lipinski definition) is 1. The van der Waals surface area contributed by atoms with Gasteiger partial charge in [-0.3, -0.25) is 14.5 Å². The van der Waals surface area contributed by atoms with E-state index in [4.69, 9.17) is 4.74 Å². The normalized spacial score (nSPS) is 19.3. The molecule has 7 heteroatoms. The van der Waals surface area contributed by atoms with Gasteiger partial charge in [-0.25, -0.2) is 4.39 Å². The molecule has 0 unspecified atom stereocenters. The van der Waals surface area contributed by atoms with Crippen molar-refractivity contribution in [2.75, 3.05) is 32.1 Å². The SMILES string of the molecule is COc1ccc(C(=O)Nc2cc(F)cc(CN3CCN(C(=O)C4CCCC4)[C@@H](C)C3)c2C)cc1. The summed E-state index contributed by atoms with van der Waals surface area (Å²) in [6.45, 7) is 6.78. The summed E-state index contributed by atoms with van der Waals surface area (Å²) in [5.74, 6) is 0.482. The number of nitrogens with one attached hydrogen (secondary N) is 1. The predicted molar refractivity (Wildman–Crippen MR) is 130 cm³/mol. The molecule has 0 radical (unpaired) electrons. The lowest BCUT2D eigenvalue weighted by atomic mass is 10.0. The second-order valence-electron chi connectivity index (χ2n) is 9.52. The third-order valence-electron chi connectivity index (χ3n) is 7.17. The second-order valence-corrected chi connectivity index (χ2v) is 9.52. The van der Waals surface area contributed by atoms with E-state index in [9.17, 15) is 14.0 Å². The average molecular weight is 468 g/mol. The molecule has 4 rings (SSSR count). The van der Waals surface area contributed by atoms with Crippen LogP contribution in [-0.2, 0) is 11.3 Å². The monoisotopic (exact) mass is 467 g/mol. The third kappa shape index (κ3) is 5.41. The Balaban J connectivity index is 1.41. The minimum Gasteiger partial charge on any atom is -0.497 e. The van der Waals surface area contributed by atoms with Crippen molar-refractivity contribution in [1.29, 1.82) is 0 Å². The minimum atomic E-state index is -0.381. The summed E-state index contributed by atoms with van der Waals surface area (Å²) >= 11 is 0. The molecule has 2 fully saturated rings. The number of benzene rings is 2. The number of hydrogen-bond acceptors (Lipinski definition) is 4. The molecule has 2 aromatic carbocycles. The number of rotatable bonds is 6. The number of anilines is 1. The Labute approximate surface area is 201 Å². The highest BCUT2D eigenvalue weighted by atomic mass is 19.1. The molecule has 34 heavy (non-hydrogen) atoms. The van der Waals surface area contributed by atoms with E-state index in [1.807, 2.05) is 11.8 Å². The summed E-state index contributed by atoms with van der Waals surface area (Å²) in [6, 6.07) is 9.83. The first-order chi connectivity index (χ1) is 16.4. The first-order valence-corrected chi connectivity index (χ1v) is 12.1. The fourth-order valence-electron chi connectivity index (χ4n) is 5.12. The van der Waals surface area contributed by atoms with Crippen molar-refractivity contribution in [2.24, 2.45) is 5.92 Å². The predicted octanol–water partition coefficient (Wildman–Crippen LogP) is 4.62. The van der Waals surface area contributed by atoms with Gasteiger partial charge in [0.1, 0.15) is 11.6 Å². The van der Waals surface area contributed by atoms with Gasteiger partial charge in [-0.2, -0.15) is 0 Å². The van der Waals surface area contributed by atoms with E-state index in [2.05, 4.69) is 17.1 Å². The molecule has 1 N–H and O–H groups in total. The van der Waals surface area contributed by atoms with Crippen LogP contribution < -0.4 is 10.1 Å². The molecule has 2 amide bonds. The maximum Gasteiger partial charge on any atom is 0.255 e. The Hall–Kier alpha value is -2.93. The lowest BCUT2D eigenvalue weighted by Crippen LogP contribution is -2.54. The topological polar surface area (TPSA) is 61.9 Å². The van der Waals surface area contributed by atoms with Crippen molar-refractivity contribution >= 4 is 17.5 Å². The van der Waals surface area contributed by atoms with Crippen LogP contribution in [0, 0.1) is 18.7 Å². The van der Waals surface area contributed by atoms with Crippen LogP contribution in [0.2, 0.25) is 0 Å². The number of nitrogens with zero attached hydrogens (tertiary/aromatic N) is 2. The molecule has 0 spiro atoms. The van der Waals surface area contributed by atoms with Crippen molar-refractivity contribution in [3.05, 3.63) is 58.9 Å². The lowest BCUT2D eigenvalue weighted by Gasteiger charge is -2.41. The van der Waals surface area contributed by atoms with Crippen LogP contribution in [0.15, 0.2) is 36.4 Å². The van der Waals surface area contributed by atoms with Gasteiger partial charge in [0.15, 0.2) is 0 Å². The third-order valence-corrected chi connectivity index (χ3v) is 7.17. The van der Waals surface area contributed by atoms with E-state index in [0.29, 0.717) is 36.0 Å². The summed E-state index contributed by atoms with van der Waals surface area (Å²) in [5.41, 5.74) is 2.63. The fourth-order valence-corrected chi connectivity index (χ4v) is 5.12. The largest absolute Gasteiger partial charge is 0.497 e. The van der Waals surface area contributed by atoms with Gasteiger partial charge in [0.25, 0.3) is 5.91 Å². The van der Waals surface area contributed by atoms with Gasteiger partial charge in [-0.15, -0.1) is 0 Å². The maximum absolute atomic E-state index is 14.5. The van der Waals surface area contributed by atoms with Crippen molar-refractivity contribution < 1.29 is 18.7 Å². The zero-order valence-electron chi connectivity index (χ0n) is 20.3. The van der Waals surface area contributed by atoms with Crippen LogP contribution >= 0.6 is 0 Å². The van der Waals surface area contributed by atoms with E-state index < -0.39 is 0 Å². The number of carbonyl (C=O) groups excluding carboxylic acids is 2. The van der Waals surface area contributed by atoms with Gasteiger partial charge in [0.05, 0.1) is 7.11 Å². The van der Waals surface area contributed by atoms with Gasteiger partial charge in [-0.05, 0) is 74.2 Å².